The molecule has 0 aromatic heterocycles. The summed E-state index contributed by atoms with van der Waals surface area (Å²) in [6.45, 7) is 34.7. The number of rotatable bonds is 76. The Kier molecular flexibility index (Phi) is 60.9. The van der Waals surface area contributed by atoms with Gasteiger partial charge in [0.05, 0.1) is 45.0 Å². The molecule has 19 heteroatoms. The molecule has 0 bridgehead atoms. The third-order valence-corrected chi connectivity index (χ3v) is 35.1. The lowest BCUT2D eigenvalue weighted by atomic mass is 9.96. The summed E-state index contributed by atoms with van der Waals surface area (Å²) in [6, 6.07) is 18.1. The lowest BCUT2D eigenvalue weighted by Gasteiger charge is -2.48. The van der Waals surface area contributed by atoms with Gasteiger partial charge in [-0.15, -0.1) is 13.2 Å². The average molecular weight is 1720 g/mol. The topological polar surface area (TPSA) is 192 Å². The molecular formula is C100H177N2O14PSi2. The van der Waals surface area contributed by atoms with Crippen molar-refractivity contribution in [1.29, 1.82) is 0 Å². The van der Waals surface area contributed by atoms with Crippen molar-refractivity contribution in [3.8, 4) is 0 Å². The monoisotopic (exact) mass is 1720 g/mol. The standard InChI is InChI=1S/C100H177N2O14PSi2/c1-16-22-26-30-34-38-41-43-44-46-49-52-56-60-70-78-92(104)102-89(90(116-118(14,15)99(8,9)10)77-69-59-55-51-48-45-42-39-35-31-27-23-17-2)83-108-98-95(101-85(7)103)97(114-94(106)82-86(72-64-58-54-50-37-33-29-25-19-4)112-93(105)79-71-61-57-53-47-40-36-32-28-24-18-3)96(115-117(107,109-80-20-5)110-81-21-6)91(113-98)84-111-119(100(11,12)13,87-73-65-62-66-74-87)88-75-67-63-68-76-88/h20-21,62-63,65-69,73-77,86,89-91,95-98H,5-6,16-19,22-61,64,70-72,78-84H2,1-4,7-15H3,(H,101,103)(H,102,104)/b77-69+/t86-,89+,90-,91-,95-,96-,97-,98-/m1/s1. The largest absolute Gasteiger partial charge is 0.475 e. The van der Waals surface area contributed by atoms with Crippen LogP contribution in [0.3, 0.4) is 0 Å². The minimum atomic E-state index is -4.74. The van der Waals surface area contributed by atoms with Gasteiger partial charge in [0, 0.05) is 19.8 Å². The van der Waals surface area contributed by atoms with E-state index in [-0.39, 0.29) is 56.2 Å². The fourth-order valence-corrected chi connectivity index (χ4v) is 23.2. The van der Waals surface area contributed by atoms with E-state index in [1.165, 1.54) is 218 Å². The van der Waals surface area contributed by atoms with Gasteiger partial charge >= 0.3 is 19.8 Å². The second-order valence-electron chi connectivity index (χ2n) is 36.9. The van der Waals surface area contributed by atoms with Crippen molar-refractivity contribution < 1.29 is 65.1 Å². The van der Waals surface area contributed by atoms with E-state index in [1.807, 2.05) is 36.4 Å². The Morgan fingerprint density at radius 2 is 0.924 bits per heavy atom. The number of nitrogens with one attached hydrogen (secondary N) is 2. The van der Waals surface area contributed by atoms with Crippen molar-refractivity contribution in [2.75, 3.05) is 26.4 Å². The summed E-state index contributed by atoms with van der Waals surface area (Å²) < 4.78 is 77.6. The lowest BCUT2D eigenvalue weighted by molar-refractivity contribution is -0.272. The highest BCUT2D eigenvalue weighted by Gasteiger charge is 2.56. The number of unbranched alkanes of at least 4 members (excludes halogenated alkanes) is 43. The molecule has 1 aliphatic rings. The Morgan fingerprint density at radius 1 is 0.521 bits per heavy atom. The van der Waals surface area contributed by atoms with Gasteiger partial charge in [-0.2, -0.15) is 0 Å². The first-order chi connectivity index (χ1) is 57.3. The van der Waals surface area contributed by atoms with Crippen LogP contribution in [0.25, 0.3) is 0 Å². The van der Waals surface area contributed by atoms with Gasteiger partial charge in [0.15, 0.2) is 20.7 Å². The molecule has 1 saturated heterocycles. The van der Waals surface area contributed by atoms with Gasteiger partial charge < -0.3 is 38.4 Å². The average Bonchev–Trinajstić information content (AvgIpc) is 0.743. The van der Waals surface area contributed by atoms with Gasteiger partial charge in [0.25, 0.3) is 8.32 Å². The van der Waals surface area contributed by atoms with E-state index in [9.17, 15) is 14.4 Å². The van der Waals surface area contributed by atoms with Crippen molar-refractivity contribution in [1.82, 2.24) is 10.6 Å². The van der Waals surface area contributed by atoms with Gasteiger partial charge in [-0.3, -0.25) is 32.7 Å². The number of ether oxygens (including phenoxy) is 4. The molecule has 0 saturated carbocycles. The van der Waals surface area contributed by atoms with E-state index in [1.54, 1.807) is 0 Å². The maximum Gasteiger partial charge on any atom is 0.475 e. The number of hydrogen-bond donors (Lipinski definition) is 2. The summed E-state index contributed by atoms with van der Waals surface area (Å²) in [5, 5.41) is 7.69. The summed E-state index contributed by atoms with van der Waals surface area (Å²) in [4.78, 5) is 58.9. The predicted octanol–water partition coefficient (Wildman–Crippen LogP) is 26.9. The van der Waals surface area contributed by atoms with E-state index in [2.05, 4.69) is 143 Å². The van der Waals surface area contributed by atoms with E-state index >= 15 is 9.36 Å². The summed E-state index contributed by atoms with van der Waals surface area (Å²) in [5.41, 5.74) is 0. The number of phosphoric acid groups is 1. The lowest BCUT2D eigenvalue weighted by Crippen LogP contribution is -2.70. The molecule has 0 radical (unpaired) electrons. The molecule has 8 atom stereocenters. The maximum atomic E-state index is 15.6. The Balaban J connectivity index is 2.31. The first kappa shape index (κ1) is 109. The van der Waals surface area contributed by atoms with Crippen LogP contribution in [0.1, 0.15) is 404 Å². The molecule has 2 N–H and O–H groups in total. The quantitative estimate of drug-likeness (QED) is 0.0209. The van der Waals surface area contributed by atoms with E-state index in [4.69, 9.17) is 41.4 Å². The number of amides is 2. The molecule has 2 amide bonds. The number of carbonyl (C=O) groups is 4. The molecule has 0 unspecified atom stereocenters. The molecule has 0 spiro atoms. The van der Waals surface area contributed by atoms with Crippen LogP contribution in [0, 0.1) is 0 Å². The Bertz CT molecular complexity index is 2930. The van der Waals surface area contributed by atoms with E-state index < -0.39 is 90.3 Å². The van der Waals surface area contributed by atoms with Crippen molar-refractivity contribution >= 4 is 58.6 Å². The summed E-state index contributed by atoms with van der Waals surface area (Å²) >= 11 is 0. The third kappa shape index (κ3) is 47.7. The number of esters is 2. The number of carbonyl (C=O) groups excluding carboxylic acids is 4. The predicted molar refractivity (Wildman–Crippen MR) is 502 cm³/mol. The number of phosphoric ester groups is 1. The van der Waals surface area contributed by atoms with Crippen LogP contribution in [-0.2, 0) is 65.1 Å². The molecule has 2 aromatic carbocycles. The first-order valence-electron chi connectivity index (χ1n) is 48.5. The maximum absolute atomic E-state index is 15.6. The molecule has 1 aliphatic heterocycles. The molecule has 0 aliphatic carbocycles. The van der Waals surface area contributed by atoms with Crippen LogP contribution in [0.5, 0.6) is 0 Å². The van der Waals surface area contributed by atoms with E-state index in [0.29, 0.717) is 32.1 Å². The number of allylic oxidation sites excluding steroid dienone is 1. The highest BCUT2D eigenvalue weighted by Crippen LogP contribution is 2.53. The zero-order valence-corrected chi connectivity index (χ0v) is 81.1. The zero-order chi connectivity index (χ0) is 87.2. The Hall–Kier alpha value is -4.08. The van der Waals surface area contributed by atoms with Gasteiger partial charge in [0.2, 0.25) is 11.8 Å². The fourth-order valence-electron chi connectivity index (χ4n) is 16.1. The van der Waals surface area contributed by atoms with E-state index in [0.717, 1.165) is 93.8 Å². The molecule has 1 fully saturated rings. The van der Waals surface area contributed by atoms with Crippen LogP contribution in [0.4, 0.5) is 0 Å². The molecule has 1 heterocycles. The molecule has 684 valence electrons. The highest BCUT2D eigenvalue weighted by atomic mass is 31.2. The second kappa shape index (κ2) is 66.4. The summed E-state index contributed by atoms with van der Waals surface area (Å²) in [7, 11) is -10.9. The van der Waals surface area contributed by atoms with Crippen LogP contribution >= 0.6 is 7.82 Å². The minimum Gasteiger partial charge on any atom is -0.462 e. The molecule has 3 rings (SSSR count). The van der Waals surface area contributed by atoms with Crippen LogP contribution in [-0.4, -0.2) is 116 Å². The first-order valence-corrected chi connectivity index (χ1v) is 54.7. The number of benzene rings is 2. The van der Waals surface area contributed by atoms with Crippen molar-refractivity contribution in [3.63, 3.8) is 0 Å². The SMILES string of the molecule is C=CCOP(=O)(OCC=C)O[C@H]1[C@H](OC(=O)C[C@@H](CCCCCCCCCCC)OC(=O)CCCCCCCCCCCCC)[C@@H](NC(C)=O)[C@H](OC[C@H](NC(=O)CCCCCCCCCCCCCCCCC)[C@@H](/C=C/CCCCCCCCCCCCC)O[Si](C)(C)C(C)(C)C)O[C@@H]1CO[Si](c1ccccc1)(c1ccccc1)C(C)(C)C. The minimum absolute atomic E-state index is 0.137. The molecule has 2 aromatic rings. The normalized spacial score (nSPS) is 17.0. The fraction of sp³-hybridized carbons (Fsp3) is 0.780. The Labute approximate surface area is 730 Å². The van der Waals surface area contributed by atoms with Crippen molar-refractivity contribution in [3.05, 3.63) is 98.1 Å². The summed E-state index contributed by atoms with van der Waals surface area (Å²) in [6.07, 6.45) is 55.1. The van der Waals surface area contributed by atoms with Crippen LogP contribution in [0.15, 0.2) is 98.1 Å². The van der Waals surface area contributed by atoms with Crippen molar-refractivity contribution in [2.24, 2.45) is 0 Å². The zero-order valence-electron chi connectivity index (χ0n) is 78.2. The summed E-state index contributed by atoms with van der Waals surface area (Å²) in [5.74, 6) is -1.80. The van der Waals surface area contributed by atoms with Crippen LogP contribution < -0.4 is 21.0 Å². The smallest absolute Gasteiger partial charge is 0.462 e. The third-order valence-electron chi connectivity index (χ3n) is 24.2. The van der Waals surface area contributed by atoms with Crippen LogP contribution in [0.2, 0.25) is 23.2 Å². The molecular weight excluding hydrogens is 1540 g/mol. The van der Waals surface area contributed by atoms with Gasteiger partial charge in [-0.05, 0) is 72.1 Å². The van der Waals surface area contributed by atoms with Crippen molar-refractivity contribution in [2.45, 2.75) is 476 Å². The highest BCUT2D eigenvalue weighted by molar-refractivity contribution is 7.48. The number of hydrogen-bond acceptors (Lipinski definition) is 14. The molecule has 119 heavy (non-hydrogen) atoms. The second-order valence-corrected chi connectivity index (χ2v) is 47.6. The Morgan fingerprint density at radius 3 is 1.33 bits per heavy atom. The van der Waals surface area contributed by atoms with Gasteiger partial charge in [0.1, 0.15) is 24.4 Å². The van der Waals surface area contributed by atoms with Gasteiger partial charge in [-0.1, -0.05) is 424 Å². The van der Waals surface area contributed by atoms with Gasteiger partial charge in [-0.25, -0.2) is 4.57 Å². The molecule has 16 nitrogen and oxygen atoms in total.